The number of aromatic nitrogens is 3. The van der Waals surface area contributed by atoms with E-state index in [1.807, 2.05) is 32.0 Å². The highest BCUT2D eigenvalue weighted by atomic mass is 79.9. The molecule has 3 aromatic rings. The molecule has 0 atom stereocenters. The average Bonchev–Trinajstić information content (AvgIpc) is 2.82. The summed E-state index contributed by atoms with van der Waals surface area (Å²) in [5.74, 6) is 1.65. The quantitative estimate of drug-likeness (QED) is 0.285. The summed E-state index contributed by atoms with van der Waals surface area (Å²) in [4.78, 5) is 15.7. The molecule has 1 saturated heterocycles. The zero-order chi connectivity index (χ0) is 23.9. The fraction of sp³-hybridized carbons (Fsp3) is 0.333. The summed E-state index contributed by atoms with van der Waals surface area (Å²) >= 11 is 3.49. The molecule has 0 aliphatic carbocycles. The van der Waals surface area contributed by atoms with Gasteiger partial charge in [0.15, 0.2) is 0 Å². The normalized spacial score (nSPS) is 14.0. The van der Waals surface area contributed by atoms with Crippen LogP contribution in [0.4, 0.5) is 27.9 Å². The summed E-state index contributed by atoms with van der Waals surface area (Å²) in [6.45, 7) is 5.72. The molecular weight excluding hydrogens is 501 g/mol. The predicted molar refractivity (Wildman–Crippen MR) is 137 cm³/mol. The lowest BCUT2D eigenvalue weighted by Gasteiger charge is -2.26. The Kier molecular flexibility index (Phi) is 7.89. The summed E-state index contributed by atoms with van der Waals surface area (Å²) in [7, 11) is 0. The number of ether oxygens (including phenoxy) is 1. The van der Waals surface area contributed by atoms with E-state index < -0.39 is 0 Å². The summed E-state index contributed by atoms with van der Waals surface area (Å²) in [6, 6.07) is 11.8. The van der Waals surface area contributed by atoms with Gasteiger partial charge in [0.2, 0.25) is 17.8 Å². The van der Waals surface area contributed by atoms with Crippen LogP contribution in [0.25, 0.3) is 0 Å². The van der Waals surface area contributed by atoms with E-state index in [0.29, 0.717) is 23.5 Å². The second-order valence-corrected chi connectivity index (χ2v) is 9.10. The first-order valence-corrected chi connectivity index (χ1v) is 12.0. The van der Waals surface area contributed by atoms with Gasteiger partial charge in [-0.25, -0.2) is 9.82 Å². The van der Waals surface area contributed by atoms with Crippen LogP contribution in [0.2, 0.25) is 0 Å². The van der Waals surface area contributed by atoms with Crippen LogP contribution >= 0.6 is 15.9 Å². The molecule has 2 heterocycles. The second-order valence-electron chi connectivity index (χ2n) is 8.18. The number of rotatable bonds is 8. The van der Waals surface area contributed by atoms with Gasteiger partial charge in [-0.3, -0.25) is 0 Å². The van der Waals surface area contributed by atoms with Gasteiger partial charge in [-0.1, -0.05) is 15.9 Å². The van der Waals surface area contributed by atoms with Crippen LogP contribution in [0.3, 0.4) is 0 Å². The van der Waals surface area contributed by atoms with Crippen molar-refractivity contribution in [2.24, 2.45) is 5.10 Å². The van der Waals surface area contributed by atoms with Crippen LogP contribution in [-0.2, 0) is 0 Å². The van der Waals surface area contributed by atoms with Gasteiger partial charge in [0, 0.05) is 28.8 Å². The third-order valence-electron chi connectivity index (χ3n) is 5.07. The number of piperidine rings is 1. The SMILES string of the molecule is CC(C)Oc1ccc(Br)cc1/C=N\Nc1nc(Nc2ccc(F)cc2)nc(N2CCCCC2)n1. The molecule has 10 heteroatoms. The highest BCUT2D eigenvalue weighted by Gasteiger charge is 2.16. The highest BCUT2D eigenvalue weighted by molar-refractivity contribution is 9.10. The van der Waals surface area contributed by atoms with E-state index in [1.54, 1.807) is 18.3 Å². The molecule has 8 nitrogen and oxygen atoms in total. The molecule has 1 fully saturated rings. The number of anilines is 4. The Hall–Kier alpha value is -3.27. The lowest BCUT2D eigenvalue weighted by atomic mass is 10.1. The van der Waals surface area contributed by atoms with Crippen molar-refractivity contribution >= 4 is 45.7 Å². The highest BCUT2D eigenvalue weighted by Crippen LogP contribution is 2.24. The number of halogens is 2. The van der Waals surface area contributed by atoms with E-state index in [2.05, 4.69) is 51.6 Å². The van der Waals surface area contributed by atoms with Gasteiger partial charge in [0.05, 0.1) is 12.3 Å². The average molecular weight is 528 g/mol. The minimum Gasteiger partial charge on any atom is -0.490 e. The van der Waals surface area contributed by atoms with Crippen LogP contribution in [0, 0.1) is 5.82 Å². The van der Waals surface area contributed by atoms with Gasteiger partial charge in [0.25, 0.3) is 0 Å². The monoisotopic (exact) mass is 527 g/mol. The van der Waals surface area contributed by atoms with Gasteiger partial charge in [-0.2, -0.15) is 20.1 Å². The van der Waals surface area contributed by atoms with Crippen LogP contribution < -0.4 is 20.4 Å². The number of hydrazone groups is 1. The molecule has 34 heavy (non-hydrogen) atoms. The Morgan fingerprint density at radius 2 is 1.76 bits per heavy atom. The molecule has 0 radical (unpaired) electrons. The lowest BCUT2D eigenvalue weighted by molar-refractivity contribution is 0.242. The van der Waals surface area contributed by atoms with Crippen LogP contribution in [0.1, 0.15) is 38.7 Å². The lowest BCUT2D eigenvalue weighted by Crippen LogP contribution is -2.31. The molecule has 1 aliphatic heterocycles. The van der Waals surface area contributed by atoms with E-state index in [1.165, 1.54) is 18.6 Å². The Morgan fingerprint density at radius 3 is 2.50 bits per heavy atom. The van der Waals surface area contributed by atoms with Crippen molar-refractivity contribution in [3.8, 4) is 5.75 Å². The Morgan fingerprint density at radius 1 is 1.03 bits per heavy atom. The van der Waals surface area contributed by atoms with Crippen molar-refractivity contribution in [3.63, 3.8) is 0 Å². The van der Waals surface area contributed by atoms with Gasteiger partial charge in [0.1, 0.15) is 11.6 Å². The summed E-state index contributed by atoms with van der Waals surface area (Å²) in [6.07, 6.45) is 5.09. The third-order valence-corrected chi connectivity index (χ3v) is 5.56. The van der Waals surface area contributed by atoms with Gasteiger partial charge < -0.3 is 15.0 Å². The number of nitrogens with zero attached hydrogens (tertiary/aromatic N) is 5. The first-order chi connectivity index (χ1) is 16.5. The van der Waals surface area contributed by atoms with E-state index in [0.717, 1.165) is 41.7 Å². The number of nitrogens with one attached hydrogen (secondary N) is 2. The number of hydrogen-bond donors (Lipinski definition) is 2. The fourth-order valence-electron chi connectivity index (χ4n) is 3.51. The first-order valence-electron chi connectivity index (χ1n) is 11.3. The van der Waals surface area contributed by atoms with Crippen molar-refractivity contribution in [2.45, 2.75) is 39.2 Å². The molecule has 2 N–H and O–H groups in total. The van der Waals surface area contributed by atoms with Gasteiger partial charge in [-0.05, 0) is 75.6 Å². The van der Waals surface area contributed by atoms with Gasteiger partial charge in [-0.15, -0.1) is 0 Å². The molecule has 178 valence electrons. The van der Waals surface area contributed by atoms with E-state index in [-0.39, 0.29) is 11.9 Å². The maximum absolute atomic E-state index is 13.3. The van der Waals surface area contributed by atoms with Crippen molar-refractivity contribution < 1.29 is 9.13 Å². The molecule has 2 aromatic carbocycles. The Bertz CT molecular complexity index is 1130. The summed E-state index contributed by atoms with van der Waals surface area (Å²) in [5, 5.41) is 7.47. The van der Waals surface area contributed by atoms with Crippen LogP contribution in [0.15, 0.2) is 52.0 Å². The minimum absolute atomic E-state index is 0.0389. The second kappa shape index (κ2) is 11.2. The van der Waals surface area contributed by atoms with Crippen LogP contribution in [-0.4, -0.2) is 40.4 Å². The largest absolute Gasteiger partial charge is 0.490 e. The zero-order valence-electron chi connectivity index (χ0n) is 19.1. The Labute approximate surface area is 206 Å². The molecule has 0 bridgehead atoms. The van der Waals surface area contributed by atoms with Crippen LogP contribution in [0.5, 0.6) is 5.75 Å². The molecular formula is C24H27BrFN7O. The third kappa shape index (κ3) is 6.63. The molecule has 0 unspecified atom stereocenters. The zero-order valence-corrected chi connectivity index (χ0v) is 20.7. The molecule has 0 saturated carbocycles. The Balaban J connectivity index is 1.57. The minimum atomic E-state index is -0.305. The maximum atomic E-state index is 13.3. The first kappa shape index (κ1) is 23.9. The summed E-state index contributed by atoms with van der Waals surface area (Å²) < 4.78 is 20.1. The van der Waals surface area contributed by atoms with Crippen molar-refractivity contribution in [1.29, 1.82) is 0 Å². The van der Waals surface area contributed by atoms with Crippen molar-refractivity contribution in [3.05, 3.63) is 58.3 Å². The fourth-order valence-corrected chi connectivity index (χ4v) is 3.89. The van der Waals surface area contributed by atoms with E-state index >= 15 is 0 Å². The van der Waals surface area contributed by atoms with E-state index in [9.17, 15) is 4.39 Å². The predicted octanol–water partition coefficient (Wildman–Crippen LogP) is 5.74. The molecule has 1 aliphatic rings. The molecule has 4 rings (SSSR count). The maximum Gasteiger partial charge on any atom is 0.250 e. The molecule has 1 aromatic heterocycles. The summed E-state index contributed by atoms with van der Waals surface area (Å²) in [5.41, 5.74) is 4.41. The number of benzene rings is 2. The number of hydrogen-bond acceptors (Lipinski definition) is 8. The molecule has 0 amide bonds. The van der Waals surface area contributed by atoms with Crippen molar-refractivity contribution in [1.82, 2.24) is 15.0 Å². The van der Waals surface area contributed by atoms with Crippen molar-refractivity contribution in [2.75, 3.05) is 28.7 Å². The topological polar surface area (TPSA) is 87.6 Å². The van der Waals surface area contributed by atoms with Gasteiger partial charge >= 0.3 is 0 Å². The standard InChI is InChI=1S/C24H27BrFN7O/c1-16(2)34-21-11-6-18(25)14-17(21)15-27-32-23-29-22(28-20-9-7-19(26)8-10-20)30-24(31-23)33-12-4-3-5-13-33/h6-11,14-16H,3-5,12-13H2,1-2H3,(H2,28,29,30,31,32)/b27-15-. The molecule has 0 spiro atoms. The smallest absolute Gasteiger partial charge is 0.250 e. The van der Waals surface area contributed by atoms with E-state index in [4.69, 9.17) is 4.74 Å².